The van der Waals surface area contributed by atoms with Crippen molar-refractivity contribution in [2.24, 2.45) is 0 Å². The van der Waals surface area contributed by atoms with Crippen LogP contribution in [0.1, 0.15) is 0 Å². The number of rotatable bonds is 2. The molecule has 0 bridgehead atoms. The monoisotopic (exact) mass is 582 g/mol. The van der Waals surface area contributed by atoms with Gasteiger partial charge in [-0.25, -0.2) is 0 Å². The van der Waals surface area contributed by atoms with Crippen LogP contribution in [0.4, 0.5) is 0 Å². The minimum absolute atomic E-state index is 1.16. The highest BCUT2D eigenvalue weighted by atomic mass is 15.0. The first-order valence-corrected chi connectivity index (χ1v) is 16.0. The van der Waals surface area contributed by atoms with E-state index in [2.05, 4.69) is 167 Å². The molecule has 1 aliphatic carbocycles. The molecule has 0 saturated carbocycles. The third kappa shape index (κ3) is 3.01. The fraction of sp³-hybridized carbons (Fsp3) is 0. The molecule has 1 aliphatic rings. The standard InChI is InChI=1S/C44H26N2/c1-2-12-28(13-3-1)45-39-20-9-8-17-33(39)34-24-22-29(25-40(34)45)46-41-26-38-32-16-7-6-15-31(32)35-18-10-19-36(42(35)38)43(41)37-23-21-27-11-4-5-14-30(27)44(37)46/h1-26H. The van der Waals surface area contributed by atoms with Gasteiger partial charge in [-0.05, 0) is 74.8 Å². The van der Waals surface area contributed by atoms with Gasteiger partial charge in [-0.15, -0.1) is 0 Å². The van der Waals surface area contributed by atoms with Crippen molar-refractivity contribution in [2.45, 2.75) is 0 Å². The molecule has 0 radical (unpaired) electrons. The average molecular weight is 583 g/mol. The molecule has 0 amide bonds. The predicted octanol–water partition coefficient (Wildman–Crippen LogP) is 11.8. The Bertz CT molecular complexity index is 2900. The summed E-state index contributed by atoms with van der Waals surface area (Å²) in [4.78, 5) is 0. The van der Waals surface area contributed by atoms with Crippen LogP contribution in [-0.4, -0.2) is 9.13 Å². The van der Waals surface area contributed by atoms with E-state index in [1.807, 2.05) is 0 Å². The maximum Gasteiger partial charge on any atom is 0.0619 e. The van der Waals surface area contributed by atoms with E-state index in [1.54, 1.807) is 0 Å². The van der Waals surface area contributed by atoms with Crippen molar-refractivity contribution in [2.75, 3.05) is 0 Å². The van der Waals surface area contributed by atoms with Crippen LogP contribution < -0.4 is 0 Å². The first-order chi connectivity index (χ1) is 22.8. The molecule has 8 aromatic carbocycles. The minimum atomic E-state index is 1.16. The first-order valence-electron chi connectivity index (χ1n) is 16.0. The summed E-state index contributed by atoms with van der Waals surface area (Å²) in [5.74, 6) is 0. The van der Waals surface area contributed by atoms with Crippen LogP contribution in [0.5, 0.6) is 0 Å². The van der Waals surface area contributed by atoms with Crippen molar-refractivity contribution < 1.29 is 0 Å². The molecule has 2 nitrogen and oxygen atoms in total. The second-order valence-electron chi connectivity index (χ2n) is 12.5. The van der Waals surface area contributed by atoms with Crippen LogP contribution in [0.3, 0.4) is 0 Å². The molecule has 2 heteroatoms. The fourth-order valence-electron chi connectivity index (χ4n) is 8.36. The van der Waals surface area contributed by atoms with Crippen molar-refractivity contribution in [1.29, 1.82) is 0 Å². The van der Waals surface area contributed by atoms with E-state index in [0.717, 1.165) is 5.69 Å². The van der Waals surface area contributed by atoms with Gasteiger partial charge in [0.25, 0.3) is 0 Å². The van der Waals surface area contributed by atoms with Gasteiger partial charge >= 0.3 is 0 Å². The second-order valence-corrected chi connectivity index (χ2v) is 12.5. The van der Waals surface area contributed by atoms with Gasteiger partial charge < -0.3 is 9.13 Å². The Morgan fingerprint density at radius 1 is 0.304 bits per heavy atom. The molecule has 0 aliphatic heterocycles. The van der Waals surface area contributed by atoms with Crippen molar-refractivity contribution in [1.82, 2.24) is 9.13 Å². The lowest BCUT2D eigenvalue weighted by molar-refractivity contribution is 1.16. The highest BCUT2D eigenvalue weighted by Gasteiger charge is 2.26. The number of hydrogen-bond donors (Lipinski definition) is 0. The Balaban J connectivity index is 1.34. The number of hydrogen-bond acceptors (Lipinski definition) is 0. The summed E-state index contributed by atoms with van der Waals surface area (Å²) in [6, 6.07) is 58.2. The van der Waals surface area contributed by atoms with Crippen LogP contribution in [0.25, 0.3) is 98.8 Å². The van der Waals surface area contributed by atoms with E-state index in [0.29, 0.717) is 0 Å². The Kier molecular flexibility index (Phi) is 4.61. The molecular formula is C44H26N2. The van der Waals surface area contributed by atoms with Gasteiger partial charge in [-0.3, -0.25) is 0 Å². The number of para-hydroxylation sites is 2. The zero-order valence-electron chi connectivity index (χ0n) is 24.9. The normalized spacial score (nSPS) is 12.3. The van der Waals surface area contributed by atoms with Crippen molar-refractivity contribution in [3.8, 4) is 33.6 Å². The maximum atomic E-state index is 2.53. The lowest BCUT2D eigenvalue weighted by Gasteiger charge is -2.13. The second kappa shape index (κ2) is 8.74. The number of fused-ring (bicyclic) bond motifs is 12. The molecule has 0 N–H and O–H groups in total. The van der Waals surface area contributed by atoms with Gasteiger partial charge in [-0.1, -0.05) is 121 Å². The van der Waals surface area contributed by atoms with Gasteiger partial charge in [-0.2, -0.15) is 0 Å². The SMILES string of the molecule is c1ccc(-n2c3ccccc3c3ccc(-n4c5cc6c7c(cccc7c5c5ccc7ccccc7c54)-c4ccccc4-6)cc32)cc1. The first kappa shape index (κ1) is 24.2. The average Bonchev–Trinajstić information content (AvgIpc) is 3.75. The lowest BCUT2D eigenvalue weighted by Crippen LogP contribution is -1.97. The third-order valence-corrected chi connectivity index (χ3v) is 10.2. The van der Waals surface area contributed by atoms with Crippen molar-refractivity contribution >= 4 is 65.2 Å². The smallest absolute Gasteiger partial charge is 0.0619 e. The van der Waals surface area contributed by atoms with E-state index < -0.39 is 0 Å². The van der Waals surface area contributed by atoms with Crippen LogP contribution in [0.15, 0.2) is 158 Å². The molecule has 11 rings (SSSR count). The van der Waals surface area contributed by atoms with Crippen molar-refractivity contribution in [3.05, 3.63) is 158 Å². The summed E-state index contributed by atoms with van der Waals surface area (Å²) in [7, 11) is 0. The van der Waals surface area contributed by atoms with Crippen molar-refractivity contribution in [3.63, 3.8) is 0 Å². The summed E-state index contributed by atoms with van der Waals surface area (Å²) >= 11 is 0. The molecule has 212 valence electrons. The molecule has 10 aromatic rings. The minimum Gasteiger partial charge on any atom is -0.309 e. The van der Waals surface area contributed by atoms with E-state index in [-0.39, 0.29) is 0 Å². The number of benzene rings is 8. The van der Waals surface area contributed by atoms with Crippen LogP contribution >= 0.6 is 0 Å². The van der Waals surface area contributed by atoms with E-state index in [4.69, 9.17) is 0 Å². The molecular weight excluding hydrogens is 556 g/mol. The summed E-state index contributed by atoms with van der Waals surface area (Å²) in [5, 5.41) is 10.3. The van der Waals surface area contributed by atoms with Crippen LogP contribution in [0.2, 0.25) is 0 Å². The van der Waals surface area contributed by atoms with Gasteiger partial charge in [0.05, 0.1) is 22.1 Å². The quantitative estimate of drug-likeness (QED) is 0.192. The van der Waals surface area contributed by atoms with Crippen LogP contribution in [0, 0.1) is 0 Å². The lowest BCUT2D eigenvalue weighted by atomic mass is 9.97. The number of aromatic nitrogens is 2. The van der Waals surface area contributed by atoms with Gasteiger partial charge in [0.1, 0.15) is 0 Å². The topological polar surface area (TPSA) is 9.86 Å². The molecule has 0 fully saturated rings. The molecule has 0 unspecified atom stereocenters. The largest absolute Gasteiger partial charge is 0.309 e. The van der Waals surface area contributed by atoms with Gasteiger partial charge in [0.2, 0.25) is 0 Å². The molecule has 0 spiro atoms. The predicted molar refractivity (Wildman–Crippen MR) is 195 cm³/mol. The summed E-state index contributed by atoms with van der Waals surface area (Å²) in [6.45, 7) is 0. The van der Waals surface area contributed by atoms with E-state index in [1.165, 1.54) is 93.1 Å². The molecule has 46 heavy (non-hydrogen) atoms. The summed E-state index contributed by atoms with van der Waals surface area (Å²) < 4.78 is 4.95. The number of nitrogens with zero attached hydrogens (tertiary/aromatic N) is 2. The molecule has 2 heterocycles. The highest BCUT2D eigenvalue weighted by molar-refractivity contribution is 6.31. The van der Waals surface area contributed by atoms with Gasteiger partial charge in [0, 0.05) is 38.3 Å². The summed E-state index contributed by atoms with van der Waals surface area (Å²) in [6.07, 6.45) is 0. The Morgan fingerprint density at radius 2 is 0.978 bits per heavy atom. The molecule has 0 saturated heterocycles. The van der Waals surface area contributed by atoms with Gasteiger partial charge in [0.15, 0.2) is 0 Å². The Hall–Kier alpha value is -6.12. The van der Waals surface area contributed by atoms with Crippen LogP contribution in [-0.2, 0) is 0 Å². The Labute approximate surface area is 265 Å². The fourth-order valence-corrected chi connectivity index (χ4v) is 8.36. The Morgan fingerprint density at radius 3 is 1.87 bits per heavy atom. The van der Waals surface area contributed by atoms with E-state index >= 15 is 0 Å². The summed E-state index contributed by atoms with van der Waals surface area (Å²) in [5.41, 5.74) is 12.6. The zero-order chi connectivity index (χ0) is 29.9. The molecule has 0 atom stereocenters. The maximum absolute atomic E-state index is 2.53. The van der Waals surface area contributed by atoms with E-state index in [9.17, 15) is 0 Å². The molecule has 2 aromatic heterocycles. The zero-order valence-corrected chi connectivity index (χ0v) is 24.9. The highest BCUT2D eigenvalue weighted by Crippen LogP contribution is 2.51. The third-order valence-electron chi connectivity index (χ3n) is 10.2.